The molecule has 3 rings (SSSR count). The summed E-state index contributed by atoms with van der Waals surface area (Å²) >= 11 is 0. The molecule has 2 heterocycles. The van der Waals surface area contributed by atoms with Gasteiger partial charge in [-0.15, -0.1) is 0 Å². The zero-order valence-electron chi connectivity index (χ0n) is 17.4. The Bertz CT molecular complexity index is 1340. The van der Waals surface area contributed by atoms with Crippen molar-refractivity contribution >= 4 is 33.3 Å². The molecule has 0 amide bonds. The van der Waals surface area contributed by atoms with E-state index in [1.165, 1.54) is 37.5 Å². The predicted octanol–water partition coefficient (Wildman–Crippen LogP) is 2.98. The Morgan fingerprint density at radius 3 is 2.53 bits per heavy atom. The summed E-state index contributed by atoms with van der Waals surface area (Å²) in [7, 11) is -3.70. The van der Waals surface area contributed by atoms with Gasteiger partial charge in [0.15, 0.2) is 5.82 Å². The van der Waals surface area contributed by atoms with E-state index in [9.17, 15) is 26.7 Å². The SMILES string of the molecule is CCS(=O)(=O)Nc1nccnc1CNc1nc(Nc2ccc(C#N)c(O)c2)ncc1C(F)(F)F. The highest BCUT2D eigenvalue weighted by atomic mass is 32.2. The molecular weight excluding hydrogens is 477 g/mol. The highest BCUT2D eigenvalue weighted by Gasteiger charge is 2.35. The van der Waals surface area contributed by atoms with Gasteiger partial charge < -0.3 is 15.7 Å². The second-order valence-corrected chi connectivity index (χ2v) is 8.64. The maximum atomic E-state index is 13.5. The molecule has 0 unspecified atom stereocenters. The van der Waals surface area contributed by atoms with Crippen LogP contribution in [0.15, 0.2) is 36.8 Å². The average Bonchev–Trinajstić information content (AvgIpc) is 2.78. The lowest BCUT2D eigenvalue weighted by atomic mass is 10.2. The van der Waals surface area contributed by atoms with Gasteiger partial charge >= 0.3 is 6.18 Å². The van der Waals surface area contributed by atoms with E-state index in [1.807, 2.05) is 0 Å². The summed E-state index contributed by atoms with van der Waals surface area (Å²) in [5.41, 5.74) is -0.884. The van der Waals surface area contributed by atoms with Gasteiger partial charge in [-0.2, -0.15) is 23.4 Å². The van der Waals surface area contributed by atoms with Crippen LogP contribution in [0.3, 0.4) is 0 Å². The van der Waals surface area contributed by atoms with Gasteiger partial charge in [0, 0.05) is 30.3 Å². The number of alkyl halides is 3. The molecule has 0 aliphatic rings. The fourth-order valence-electron chi connectivity index (χ4n) is 2.59. The largest absolute Gasteiger partial charge is 0.506 e. The first kappa shape index (κ1) is 24.5. The van der Waals surface area contributed by atoms with Crippen molar-refractivity contribution in [2.75, 3.05) is 21.1 Å². The van der Waals surface area contributed by atoms with Crippen molar-refractivity contribution in [3.8, 4) is 11.8 Å². The Kier molecular flexibility index (Phi) is 7.01. The molecule has 34 heavy (non-hydrogen) atoms. The number of benzene rings is 1. The molecule has 0 bridgehead atoms. The fraction of sp³-hybridized carbons (Fsp3) is 0.211. The normalized spacial score (nSPS) is 11.5. The number of hydrogen-bond donors (Lipinski definition) is 4. The quantitative estimate of drug-likeness (QED) is 0.366. The molecule has 15 heteroatoms. The van der Waals surface area contributed by atoms with Crippen molar-refractivity contribution in [2.45, 2.75) is 19.6 Å². The number of nitrogens with zero attached hydrogens (tertiary/aromatic N) is 5. The molecular formula is C19H17F3N8O3S. The minimum Gasteiger partial charge on any atom is -0.506 e. The molecule has 0 spiro atoms. The summed E-state index contributed by atoms with van der Waals surface area (Å²) in [4.78, 5) is 15.4. The van der Waals surface area contributed by atoms with Gasteiger partial charge in [0.2, 0.25) is 16.0 Å². The fourth-order valence-corrected chi connectivity index (χ4v) is 3.20. The molecule has 0 radical (unpaired) electrons. The molecule has 3 aromatic rings. The first-order chi connectivity index (χ1) is 16.0. The summed E-state index contributed by atoms with van der Waals surface area (Å²) < 4.78 is 66.4. The van der Waals surface area contributed by atoms with E-state index in [2.05, 4.69) is 35.3 Å². The number of phenolic OH excluding ortho intramolecular Hbond substituents is 1. The third-order valence-electron chi connectivity index (χ3n) is 4.30. The van der Waals surface area contributed by atoms with E-state index in [0.29, 0.717) is 6.20 Å². The lowest BCUT2D eigenvalue weighted by Crippen LogP contribution is -2.19. The smallest absolute Gasteiger partial charge is 0.421 e. The van der Waals surface area contributed by atoms with E-state index in [1.54, 1.807) is 6.07 Å². The van der Waals surface area contributed by atoms with Crippen LogP contribution in [-0.4, -0.2) is 39.2 Å². The van der Waals surface area contributed by atoms with E-state index >= 15 is 0 Å². The molecule has 4 N–H and O–H groups in total. The Morgan fingerprint density at radius 1 is 1.15 bits per heavy atom. The van der Waals surface area contributed by atoms with Crippen molar-refractivity contribution in [3.05, 3.63) is 53.6 Å². The summed E-state index contributed by atoms with van der Waals surface area (Å²) in [5, 5.41) is 23.8. The van der Waals surface area contributed by atoms with Gasteiger partial charge in [-0.3, -0.25) is 9.71 Å². The van der Waals surface area contributed by atoms with Crippen molar-refractivity contribution in [2.24, 2.45) is 0 Å². The zero-order valence-corrected chi connectivity index (χ0v) is 18.2. The molecule has 0 atom stereocenters. The standard InChI is InChI=1S/C19H17F3N8O3S/c1-2-34(32,33)30-17-14(24-5-6-25-17)10-26-16-13(19(20,21)22)9-27-18(29-16)28-12-4-3-11(8-23)15(31)7-12/h3-7,9,31H,2,10H2,1H3,(H,25,30)(H2,26,27,28,29). The highest BCUT2D eigenvalue weighted by molar-refractivity contribution is 7.92. The van der Waals surface area contributed by atoms with Crippen molar-refractivity contribution in [3.63, 3.8) is 0 Å². The minimum atomic E-state index is -4.79. The van der Waals surface area contributed by atoms with Crippen LogP contribution in [-0.2, 0) is 22.7 Å². The maximum absolute atomic E-state index is 13.5. The molecule has 178 valence electrons. The number of nitrogens with one attached hydrogen (secondary N) is 3. The minimum absolute atomic E-state index is 0.0136. The van der Waals surface area contributed by atoms with Gasteiger partial charge in [-0.25, -0.2) is 18.4 Å². The summed E-state index contributed by atoms with van der Waals surface area (Å²) in [6.45, 7) is 1.07. The molecule has 0 aliphatic carbocycles. The molecule has 0 saturated carbocycles. The van der Waals surface area contributed by atoms with Crippen molar-refractivity contribution in [1.29, 1.82) is 5.26 Å². The van der Waals surface area contributed by atoms with Crippen LogP contribution >= 0.6 is 0 Å². The summed E-state index contributed by atoms with van der Waals surface area (Å²) in [6.07, 6.45) is -1.73. The molecule has 2 aromatic heterocycles. The van der Waals surface area contributed by atoms with Crippen LogP contribution in [0.2, 0.25) is 0 Å². The van der Waals surface area contributed by atoms with Gasteiger partial charge in [0.1, 0.15) is 28.9 Å². The Morgan fingerprint density at radius 2 is 1.88 bits per heavy atom. The van der Waals surface area contributed by atoms with Gasteiger partial charge in [0.05, 0.1) is 17.9 Å². The topological polar surface area (TPSA) is 166 Å². The number of sulfonamides is 1. The second-order valence-electron chi connectivity index (χ2n) is 6.63. The van der Waals surface area contributed by atoms with E-state index in [4.69, 9.17) is 5.26 Å². The number of aromatic nitrogens is 4. The first-order valence-electron chi connectivity index (χ1n) is 9.51. The number of rotatable bonds is 8. The van der Waals surface area contributed by atoms with Crippen LogP contribution in [0.1, 0.15) is 23.7 Å². The Labute approximate surface area is 191 Å². The van der Waals surface area contributed by atoms with Crippen molar-refractivity contribution < 1.29 is 26.7 Å². The molecule has 0 saturated heterocycles. The van der Waals surface area contributed by atoms with E-state index < -0.39 is 27.6 Å². The molecule has 0 fully saturated rings. The van der Waals surface area contributed by atoms with Gasteiger partial charge in [0.25, 0.3) is 0 Å². The van der Waals surface area contributed by atoms with Crippen LogP contribution in [0, 0.1) is 11.3 Å². The Hall–Kier alpha value is -4.19. The second kappa shape index (κ2) is 9.75. The Balaban J connectivity index is 1.89. The monoisotopic (exact) mass is 494 g/mol. The molecule has 1 aromatic carbocycles. The van der Waals surface area contributed by atoms with Crippen LogP contribution in [0.5, 0.6) is 5.75 Å². The molecule has 11 nitrogen and oxygen atoms in total. The zero-order chi connectivity index (χ0) is 24.9. The summed E-state index contributed by atoms with van der Waals surface area (Å²) in [5.74, 6) is -1.53. The van der Waals surface area contributed by atoms with Crippen molar-refractivity contribution in [1.82, 2.24) is 19.9 Å². The van der Waals surface area contributed by atoms with E-state index in [0.717, 1.165) is 0 Å². The number of hydrogen-bond acceptors (Lipinski definition) is 10. The number of aromatic hydroxyl groups is 1. The highest BCUT2D eigenvalue weighted by Crippen LogP contribution is 2.34. The average molecular weight is 494 g/mol. The van der Waals surface area contributed by atoms with Gasteiger partial charge in [-0.1, -0.05) is 0 Å². The van der Waals surface area contributed by atoms with Crippen LogP contribution in [0.25, 0.3) is 0 Å². The summed E-state index contributed by atoms with van der Waals surface area (Å²) in [6, 6.07) is 5.70. The third kappa shape index (κ3) is 5.98. The van der Waals surface area contributed by atoms with Crippen LogP contribution in [0.4, 0.5) is 36.4 Å². The number of phenols is 1. The number of nitriles is 1. The first-order valence-corrected chi connectivity index (χ1v) is 11.2. The molecule has 0 aliphatic heterocycles. The lowest BCUT2D eigenvalue weighted by molar-refractivity contribution is -0.137. The predicted molar refractivity (Wildman–Crippen MR) is 116 cm³/mol. The third-order valence-corrected chi connectivity index (χ3v) is 5.56. The number of halogens is 3. The number of anilines is 4. The van der Waals surface area contributed by atoms with Crippen LogP contribution < -0.4 is 15.4 Å². The lowest BCUT2D eigenvalue weighted by Gasteiger charge is -2.16. The van der Waals surface area contributed by atoms with Gasteiger partial charge in [-0.05, 0) is 19.1 Å². The van der Waals surface area contributed by atoms with E-state index in [-0.39, 0.29) is 46.8 Å². The maximum Gasteiger partial charge on any atom is 0.421 e.